The molecule has 21 heavy (non-hydrogen) atoms. The number of piperazine rings is 1. The van der Waals surface area contributed by atoms with E-state index < -0.39 is 10.0 Å². The van der Waals surface area contributed by atoms with Gasteiger partial charge in [-0.05, 0) is 12.1 Å². The van der Waals surface area contributed by atoms with Crippen molar-refractivity contribution in [2.75, 3.05) is 43.2 Å². The van der Waals surface area contributed by atoms with Crippen molar-refractivity contribution in [3.8, 4) is 0 Å². The van der Waals surface area contributed by atoms with E-state index in [9.17, 15) is 8.42 Å². The molecule has 1 aliphatic heterocycles. The molecule has 1 saturated heterocycles. The molecular formula is C13H19N5O2S. The number of anilines is 1. The van der Waals surface area contributed by atoms with E-state index in [1.54, 1.807) is 0 Å². The number of nitrogens with one attached hydrogen (secondary N) is 3. The van der Waals surface area contributed by atoms with Crippen LogP contribution in [0.15, 0.2) is 24.3 Å². The summed E-state index contributed by atoms with van der Waals surface area (Å²) in [7, 11) is -3.39. The van der Waals surface area contributed by atoms with Gasteiger partial charge in [0.05, 0.1) is 16.8 Å². The number of fused-ring (bicyclic) bond motifs is 1. The molecule has 1 fully saturated rings. The summed E-state index contributed by atoms with van der Waals surface area (Å²) in [6, 6.07) is 7.44. The highest BCUT2D eigenvalue weighted by Gasteiger charge is 2.16. The molecule has 0 aliphatic carbocycles. The number of imidazole rings is 1. The van der Waals surface area contributed by atoms with E-state index in [2.05, 4.69) is 24.9 Å². The van der Waals surface area contributed by atoms with E-state index in [1.165, 1.54) is 0 Å². The van der Waals surface area contributed by atoms with Crippen LogP contribution in [-0.2, 0) is 10.0 Å². The van der Waals surface area contributed by atoms with Crippen LogP contribution in [0.5, 0.6) is 0 Å². The highest BCUT2D eigenvalue weighted by Crippen LogP contribution is 2.14. The van der Waals surface area contributed by atoms with E-state index >= 15 is 0 Å². The van der Waals surface area contributed by atoms with Crippen molar-refractivity contribution in [3.05, 3.63) is 24.3 Å². The Morgan fingerprint density at radius 2 is 2.00 bits per heavy atom. The van der Waals surface area contributed by atoms with Crippen LogP contribution in [0.1, 0.15) is 0 Å². The summed E-state index contributed by atoms with van der Waals surface area (Å²) in [5.41, 5.74) is 1.56. The minimum Gasteiger partial charge on any atom is -0.323 e. The first-order valence-corrected chi connectivity index (χ1v) is 8.66. The summed E-state index contributed by atoms with van der Waals surface area (Å²) in [6.07, 6.45) is 0. The van der Waals surface area contributed by atoms with Crippen LogP contribution in [-0.4, -0.2) is 61.8 Å². The molecule has 0 amide bonds. The number of H-pyrrole nitrogens is 1. The lowest BCUT2D eigenvalue weighted by Gasteiger charge is -2.26. The summed E-state index contributed by atoms with van der Waals surface area (Å²) in [6.45, 7) is 4.14. The van der Waals surface area contributed by atoms with Crippen LogP contribution >= 0.6 is 0 Å². The molecule has 0 saturated carbocycles. The van der Waals surface area contributed by atoms with Crippen LogP contribution in [0.4, 0.5) is 5.95 Å². The molecule has 0 atom stereocenters. The maximum Gasteiger partial charge on any atom is 0.236 e. The van der Waals surface area contributed by atoms with E-state index in [1.807, 2.05) is 24.3 Å². The van der Waals surface area contributed by atoms with Gasteiger partial charge < -0.3 is 10.3 Å². The highest BCUT2D eigenvalue weighted by molar-refractivity contribution is 7.92. The minimum absolute atomic E-state index is 0.0735. The summed E-state index contributed by atoms with van der Waals surface area (Å²) < 4.78 is 26.7. The Labute approximate surface area is 123 Å². The van der Waals surface area contributed by atoms with Crippen molar-refractivity contribution in [3.63, 3.8) is 0 Å². The predicted octanol–water partition coefficient (Wildman–Crippen LogP) is 0.210. The number of hydrogen-bond acceptors (Lipinski definition) is 5. The van der Waals surface area contributed by atoms with Crippen LogP contribution in [0.25, 0.3) is 11.0 Å². The Morgan fingerprint density at radius 3 is 2.76 bits per heavy atom. The topological polar surface area (TPSA) is 90.1 Å². The lowest BCUT2D eigenvalue weighted by molar-refractivity contribution is 0.254. The van der Waals surface area contributed by atoms with Crippen molar-refractivity contribution in [2.24, 2.45) is 0 Å². The summed E-state index contributed by atoms with van der Waals surface area (Å²) in [5, 5.41) is 3.24. The molecule has 8 heteroatoms. The van der Waals surface area contributed by atoms with Crippen molar-refractivity contribution in [1.29, 1.82) is 0 Å². The van der Waals surface area contributed by atoms with Gasteiger partial charge in [0, 0.05) is 32.7 Å². The molecule has 3 N–H and O–H groups in total. The monoisotopic (exact) mass is 309 g/mol. The van der Waals surface area contributed by atoms with Gasteiger partial charge in [0.2, 0.25) is 16.0 Å². The third kappa shape index (κ3) is 3.72. The first-order chi connectivity index (χ1) is 10.1. The fraction of sp³-hybridized carbons (Fsp3) is 0.462. The first kappa shape index (κ1) is 14.3. The van der Waals surface area contributed by atoms with Gasteiger partial charge in [-0.2, -0.15) is 0 Å². The molecule has 0 bridgehead atoms. The quantitative estimate of drug-likeness (QED) is 0.734. The summed E-state index contributed by atoms with van der Waals surface area (Å²) in [5.74, 6) is 0.348. The van der Waals surface area contributed by atoms with Gasteiger partial charge in [-0.3, -0.25) is 9.62 Å². The van der Waals surface area contributed by atoms with Crippen LogP contribution in [0.2, 0.25) is 0 Å². The molecule has 2 aromatic rings. The van der Waals surface area contributed by atoms with Crippen molar-refractivity contribution in [1.82, 2.24) is 20.2 Å². The molecule has 3 rings (SSSR count). The number of para-hydroxylation sites is 2. The number of rotatable bonds is 5. The molecule has 0 spiro atoms. The number of aromatic nitrogens is 2. The molecule has 7 nitrogen and oxygen atoms in total. The van der Waals surface area contributed by atoms with Gasteiger partial charge in [-0.1, -0.05) is 12.1 Å². The third-order valence-electron chi connectivity index (χ3n) is 3.53. The Morgan fingerprint density at radius 1 is 1.24 bits per heavy atom. The Hall–Kier alpha value is -1.64. The first-order valence-electron chi connectivity index (χ1n) is 7.01. The van der Waals surface area contributed by atoms with Gasteiger partial charge in [0.15, 0.2) is 0 Å². The number of benzene rings is 1. The number of hydrogen-bond donors (Lipinski definition) is 3. The van der Waals surface area contributed by atoms with E-state index in [0.717, 1.165) is 37.2 Å². The standard InChI is InChI=1S/C13H19N5O2S/c19-21(20,10-9-18-7-5-14-6-8-18)17-13-15-11-3-1-2-4-12(11)16-13/h1-4,14H,5-10H2,(H2,15,16,17). The Balaban J connectivity index is 1.62. The van der Waals surface area contributed by atoms with Crippen molar-refractivity contribution < 1.29 is 8.42 Å². The molecule has 1 aliphatic rings. The molecule has 2 heterocycles. The van der Waals surface area contributed by atoms with E-state index in [0.29, 0.717) is 6.54 Å². The zero-order valence-electron chi connectivity index (χ0n) is 11.7. The second kappa shape index (κ2) is 6.00. The Bertz CT molecular complexity index is 673. The SMILES string of the molecule is O=S(=O)(CCN1CCNCC1)Nc1nc2ccccc2[nH]1. The lowest BCUT2D eigenvalue weighted by atomic mass is 10.3. The molecule has 1 aromatic heterocycles. The van der Waals surface area contributed by atoms with Crippen molar-refractivity contribution >= 4 is 27.0 Å². The molecule has 1 aromatic carbocycles. The zero-order valence-corrected chi connectivity index (χ0v) is 12.5. The van der Waals surface area contributed by atoms with Gasteiger partial charge in [-0.25, -0.2) is 13.4 Å². The molecular weight excluding hydrogens is 290 g/mol. The van der Waals surface area contributed by atoms with Crippen LogP contribution in [0, 0.1) is 0 Å². The summed E-state index contributed by atoms with van der Waals surface area (Å²) in [4.78, 5) is 9.34. The third-order valence-corrected chi connectivity index (χ3v) is 4.75. The minimum atomic E-state index is -3.39. The molecule has 0 radical (unpaired) electrons. The fourth-order valence-corrected chi connectivity index (χ4v) is 3.38. The second-order valence-electron chi connectivity index (χ2n) is 5.12. The van der Waals surface area contributed by atoms with E-state index in [-0.39, 0.29) is 11.7 Å². The maximum atomic E-state index is 12.1. The number of sulfonamides is 1. The van der Waals surface area contributed by atoms with Gasteiger partial charge in [0.1, 0.15) is 0 Å². The zero-order chi connectivity index (χ0) is 14.7. The number of aromatic amines is 1. The van der Waals surface area contributed by atoms with Crippen molar-refractivity contribution in [2.45, 2.75) is 0 Å². The van der Waals surface area contributed by atoms with Gasteiger partial charge >= 0.3 is 0 Å². The van der Waals surface area contributed by atoms with Gasteiger partial charge in [-0.15, -0.1) is 0 Å². The molecule has 114 valence electrons. The van der Waals surface area contributed by atoms with Crippen LogP contribution < -0.4 is 10.0 Å². The molecule has 0 unspecified atom stereocenters. The average Bonchev–Trinajstić information content (AvgIpc) is 2.87. The normalized spacial score (nSPS) is 17.1. The predicted molar refractivity (Wildman–Crippen MR) is 82.8 cm³/mol. The smallest absolute Gasteiger partial charge is 0.236 e. The fourth-order valence-electron chi connectivity index (χ4n) is 2.38. The van der Waals surface area contributed by atoms with E-state index in [4.69, 9.17) is 0 Å². The second-order valence-corrected chi connectivity index (χ2v) is 6.96. The maximum absolute atomic E-state index is 12.1. The number of nitrogens with zero attached hydrogens (tertiary/aromatic N) is 2. The van der Waals surface area contributed by atoms with Gasteiger partial charge in [0.25, 0.3) is 0 Å². The summed E-state index contributed by atoms with van der Waals surface area (Å²) >= 11 is 0. The van der Waals surface area contributed by atoms with Crippen LogP contribution in [0.3, 0.4) is 0 Å². The highest BCUT2D eigenvalue weighted by atomic mass is 32.2. The largest absolute Gasteiger partial charge is 0.323 e. The Kier molecular flexibility index (Phi) is 4.09. The average molecular weight is 309 g/mol. The lowest BCUT2D eigenvalue weighted by Crippen LogP contribution is -2.45.